The van der Waals surface area contributed by atoms with Crippen LogP contribution in [0.4, 0.5) is 0 Å². The van der Waals surface area contributed by atoms with Gasteiger partial charge in [-0.05, 0) is 23.3 Å². The van der Waals surface area contributed by atoms with Gasteiger partial charge in [-0.3, -0.25) is 9.59 Å². The van der Waals surface area contributed by atoms with Gasteiger partial charge in [0.2, 0.25) is 11.8 Å². The van der Waals surface area contributed by atoms with Gasteiger partial charge in [-0.2, -0.15) is 0 Å². The van der Waals surface area contributed by atoms with Gasteiger partial charge in [0.15, 0.2) is 0 Å². The Morgan fingerprint density at radius 3 is 2.44 bits per heavy atom. The second kappa shape index (κ2) is 7.83. The molecule has 0 aromatic heterocycles. The number of rotatable bonds is 5. The Kier molecular flexibility index (Phi) is 5.33. The number of amides is 2. The van der Waals surface area contributed by atoms with E-state index in [1.54, 1.807) is 12.0 Å². The molecular formula is C20H22N2O3. The Morgan fingerprint density at radius 2 is 1.80 bits per heavy atom. The maximum absolute atomic E-state index is 12.7. The zero-order valence-corrected chi connectivity index (χ0v) is 14.3. The van der Waals surface area contributed by atoms with Crippen LogP contribution in [0.2, 0.25) is 0 Å². The number of ether oxygens (including phenoxy) is 1. The van der Waals surface area contributed by atoms with Gasteiger partial charge < -0.3 is 15.0 Å². The maximum Gasteiger partial charge on any atom is 0.239 e. The van der Waals surface area contributed by atoms with Crippen molar-refractivity contribution in [2.45, 2.75) is 12.3 Å². The highest BCUT2D eigenvalue weighted by atomic mass is 16.5. The molecule has 5 nitrogen and oxygen atoms in total. The first kappa shape index (κ1) is 17.0. The molecule has 0 radical (unpaired) electrons. The summed E-state index contributed by atoms with van der Waals surface area (Å²) in [5, 5.41) is 2.75. The van der Waals surface area contributed by atoms with E-state index in [1.165, 1.54) is 0 Å². The topological polar surface area (TPSA) is 58.6 Å². The molecule has 2 aromatic carbocycles. The normalized spacial score (nSPS) is 15.4. The third-order valence-electron chi connectivity index (χ3n) is 4.49. The van der Waals surface area contributed by atoms with Crippen LogP contribution in [-0.2, 0) is 9.59 Å². The molecule has 2 amide bonds. The van der Waals surface area contributed by atoms with Gasteiger partial charge in [-0.15, -0.1) is 0 Å². The van der Waals surface area contributed by atoms with Crippen LogP contribution in [0, 0.1) is 0 Å². The number of benzene rings is 2. The minimum Gasteiger partial charge on any atom is -0.497 e. The van der Waals surface area contributed by atoms with Crippen LogP contribution < -0.4 is 10.1 Å². The summed E-state index contributed by atoms with van der Waals surface area (Å²) >= 11 is 0. The van der Waals surface area contributed by atoms with Gasteiger partial charge in [0.05, 0.1) is 13.7 Å². The van der Waals surface area contributed by atoms with Gasteiger partial charge in [-0.25, -0.2) is 0 Å². The van der Waals surface area contributed by atoms with Gasteiger partial charge in [0.25, 0.3) is 0 Å². The monoisotopic (exact) mass is 338 g/mol. The van der Waals surface area contributed by atoms with E-state index in [0.29, 0.717) is 19.5 Å². The average Bonchev–Trinajstić information content (AvgIpc) is 2.67. The molecule has 1 aliphatic heterocycles. The molecule has 3 rings (SSSR count). The Morgan fingerprint density at radius 1 is 1.12 bits per heavy atom. The van der Waals surface area contributed by atoms with Crippen LogP contribution in [0.5, 0.6) is 5.75 Å². The summed E-state index contributed by atoms with van der Waals surface area (Å²) in [6, 6.07) is 17.8. The van der Waals surface area contributed by atoms with E-state index in [4.69, 9.17) is 4.74 Å². The third-order valence-corrected chi connectivity index (χ3v) is 4.49. The number of nitrogens with one attached hydrogen (secondary N) is 1. The molecule has 0 aliphatic carbocycles. The summed E-state index contributed by atoms with van der Waals surface area (Å²) in [4.78, 5) is 25.9. The number of carbonyl (C=O) groups is 2. The van der Waals surface area contributed by atoms with Crippen LogP contribution in [0.15, 0.2) is 54.6 Å². The minimum atomic E-state index is -0.0969. The van der Waals surface area contributed by atoms with E-state index >= 15 is 0 Å². The van der Waals surface area contributed by atoms with Gasteiger partial charge in [0, 0.05) is 25.4 Å². The molecule has 0 bridgehead atoms. The molecule has 1 saturated heterocycles. The predicted octanol–water partition coefficient (Wildman–Crippen LogP) is 2.18. The molecular weight excluding hydrogens is 316 g/mol. The molecule has 5 heteroatoms. The number of piperazine rings is 1. The number of methoxy groups -OCH3 is 1. The lowest BCUT2D eigenvalue weighted by molar-refractivity contribution is -0.138. The van der Waals surface area contributed by atoms with E-state index in [-0.39, 0.29) is 24.3 Å². The van der Waals surface area contributed by atoms with E-state index < -0.39 is 0 Å². The largest absolute Gasteiger partial charge is 0.497 e. The fourth-order valence-electron chi connectivity index (χ4n) is 3.10. The second-order valence-electron chi connectivity index (χ2n) is 6.11. The highest BCUT2D eigenvalue weighted by Crippen LogP contribution is 2.30. The Hall–Kier alpha value is -2.82. The molecule has 25 heavy (non-hydrogen) atoms. The van der Waals surface area contributed by atoms with Gasteiger partial charge in [-0.1, -0.05) is 42.5 Å². The lowest BCUT2D eigenvalue weighted by atomic mass is 9.88. The molecule has 130 valence electrons. The van der Waals surface area contributed by atoms with Crippen molar-refractivity contribution in [3.8, 4) is 5.75 Å². The Labute approximate surface area is 147 Å². The lowest BCUT2D eigenvalue weighted by Crippen LogP contribution is -2.50. The molecule has 0 spiro atoms. The Bertz CT molecular complexity index is 728. The third kappa shape index (κ3) is 4.18. The summed E-state index contributed by atoms with van der Waals surface area (Å²) in [6.45, 7) is 1.22. The fourth-order valence-corrected chi connectivity index (χ4v) is 3.10. The number of hydrogen-bond donors (Lipinski definition) is 1. The first-order chi connectivity index (χ1) is 12.2. The van der Waals surface area contributed by atoms with Crippen LogP contribution in [0.3, 0.4) is 0 Å². The molecule has 1 fully saturated rings. The van der Waals surface area contributed by atoms with E-state index in [2.05, 4.69) is 5.32 Å². The van der Waals surface area contributed by atoms with Crippen LogP contribution in [0.1, 0.15) is 23.5 Å². The molecule has 1 heterocycles. The predicted molar refractivity (Wildman–Crippen MR) is 95.5 cm³/mol. The quantitative estimate of drug-likeness (QED) is 0.909. The van der Waals surface area contributed by atoms with Crippen LogP contribution >= 0.6 is 0 Å². The number of carbonyl (C=O) groups excluding carboxylic acids is 2. The molecule has 0 saturated carbocycles. The number of nitrogens with zero attached hydrogens (tertiary/aromatic N) is 1. The number of hydrogen-bond acceptors (Lipinski definition) is 3. The van der Waals surface area contributed by atoms with E-state index in [0.717, 1.165) is 16.9 Å². The molecule has 0 unspecified atom stereocenters. The Balaban J connectivity index is 1.83. The highest BCUT2D eigenvalue weighted by molar-refractivity contribution is 5.86. The molecule has 1 atom stereocenters. The van der Waals surface area contributed by atoms with E-state index in [9.17, 15) is 9.59 Å². The van der Waals surface area contributed by atoms with Crippen molar-refractivity contribution in [2.75, 3.05) is 26.7 Å². The van der Waals surface area contributed by atoms with Crippen molar-refractivity contribution in [1.82, 2.24) is 10.2 Å². The van der Waals surface area contributed by atoms with Crippen LogP contribution in [0.25, 0.3) is 0 Å². The zero-order valence-electron chi connectivity index (χ0n) is 14.3. The maximum atomic E-state index is 12.7. The second-order valence-corrected chi connectivity index (χ2v) is 6.11. The van der Waals surface area contributed by atoms with Gasteiger partial charge >= 0.3 is 0 Å². The summed E-state index contributed by atoms with van der Waals surface area (Å²) in [6.07, 6.45) is 0.337. The summed E-state index contributed by atoms with van der Waals surface area (Å²) < 4.78 is 5.22. The molecule has 1 N–H and O–H groups in total. The smallest absolute Gasteiger partial charge is 0.239 e. The molecule has 2 aromatic rings. The first-order valence-corrected chi connectivity index (χ1v) is 8.40. The standard InChI is InChI=1S/C20H22N2O3/c1-25-17-9-7-16(8-10-17)18(15-5-3-2-4-6-15)13-20(24)22-12-11-21-19(23)14-22/h2-10,18H,11-14H2,1H3,(H,21,23)/t18-/m0/s1. The van der Waals surface area contributed by atoms with Crippen molar-refractivity contribution < 1.29 is 14.3 Å². The van der Waals surface area contributed by atoms with Crippen molar-refractivity contribution in [3.63, 3.8) is 0 Å². The first-order valence-electron chi connectivity index (χ1n) is 8.40. The zero-order chi connectivity index (χ0) is 17.6. The summed E-state index contributed by atoms with van der Waals surface area (Å²) in [5.41, 5.74) is 2.14. The van der Waals surface area contributed by atoms with Crippen LogP contribution in [-0.4, -0.2) is 43.5 Å². The summed E-state index contributed by atoms with van der Waals surface area (Å²) in [7, 11) is 1.63. The van der Waals surface area contributed by atoms with Gasteiger partial charge in [0.1, 0.15) is 5.75 Å². The summed E-state index contributed by atoms with van der Waals surface area (Å²) in [5.74, 6) is 0.638. The van der Waals surface area contributed by atoms with Crippen molar-refractivity contribution >= 4 is 11.8 Å². The minimum absolute atomic E-state index is 0.000443. The molecule has 1 aliphatic rings. The van der Waals surface area contributed by atoms with Crippen molar-refractivity contribution in [1.29, 1.82) is 0 Å². The fraction of sp³-hybridized carbons (Fsp3) is 0.300. The van der Waals surface area contributed by atoms with Crippen molar-refractivity contribution in [3.05, 3.63) is 65.7 Å². The lowest BCUT2D eigenvalue weighted by Gasteiger charge is -2.28. The average molecular weight is 338 g/mol. The highest BCUT2D eigenvalue weighted by Gasteiger charge is 2.25. The SMILES string of the molecule is COc1ccc([C@@H](CC(=O)N2CCNC(=O)C2)c2ccccc2)cc1. The van der Waals surface area contributed by atoms with E-state index in [1.807, 2.05) is 54.6 Å². The van der Waals surface area contributed by atoms with Crippen molar-refractivity contribution in [2.24, 2.45) is 0 Å².